The summed E-state index contributed by atoms with van der Waals surface area (Å²) in [5.41, 5.74) is 6.23. The highest BCUT2D eigenvalue weighted by Crippen LogP contribution is 2.32. The number of methoxy groups -OCH3 is 2. The summed E-state index contributed by atoms with van der Waals surface area (Å²) in [6.07, 6.45) is 0.996. The van der Waals surface area contributed by atoms with Crippen LogP contribution in [0.25, 0.3) is 0 Å². The van der Waals surface area contributed by atoms with E-state index in [0.717, 1.165) is 29.9 Å². The van der Waals surface area contributed by atoms with Crippen molar-refractivity contribution in [1.29, 1.82) is 0 Å². The highest BCUT2D eigenvalue weighted by Gasteiger charge is 2.25. The van der Waals surface area contributed by atoms with E-state index in [1.807, 2.05) is 0 Å². The second kappa shape index (κ2) is 9.87. The Bertz CT molecular complexity index is 374. The minimum absolute atomic E-state index is 0.0694. The molecule has 1 aromatic rings. The summed E-state index contributed by atoms with van der Waals surface area (Å²) in [7, 11) is 3.47. The number of rotatable bonds is 10. The van der Waals surface area contributed by atoms with Crippen LogP contribution in [-0.2, 0) is 9.47 Å². The van der Waals surface area contributed by atoms with Crippen molar-refractivity contribution in [1.82, 2.24) is 4.90 Å². The summed E-state index contributed by atoms with van der Waals surface area (Å²) in [4.78, 5) is 3.69. The highest BCUT2D eigenvalue weighted by atomic mass is 79.9. The summed E-state index contributed by atoms with van der Waals surface area (Å²) < 4.78 is 11.5. The van der Waals surface area contributed by atoms with Crippen molar-refractivity contribution in [3.63, 3.8) is 0 Å². The predicted octanol–water partition coefficient (Wildman–Crippen LogP) is 2.88. The van der Waals surface area contributed by atoms with E-state index in [1.165, 1.54) is 4.88 Å². The van der Waals surface area contributed by atoms with Gasteiger partial charge in [0.1, 0.15) is 0 Å². The Morgan fingerprint density at radius 2 is 1.95 bits per heavy atom. The van der Waals surface area contributed by atoms with Gasteiger partial charge in [-0.2, -0.15) is 0 Å². The van der Waals surface area contributed by atoms with Crippen molar-refractivity contribution in [2.45, 2.75) is 25.4 Å². The summed E-state index contributed by atoms with van der Waals surface area (Å²) in [5, 5.41) is 0. The van der Waals surface area contributed by atoms with Crippen molar-refractivity contribution in [3.8, 4) is 0 Å². The topological polar surface area (TPSA) is 47.7 Å². The molecule has 1 rings (SSSR count). The molecule has 0 bridgehead atoms. The third kappa shape index (κ3) is 5.79. The number of nitrogens with two attached hydrogens (primary N) is 1. The van der Waals surface area contributed by atoms with E-state index >= 15 is 0 Å². The maximum Gasteiger partial charge on any atom is 0.0702 e. The molecular weight excluding hydrogens is 340 g/mol. The summed E-state index contributed by atoms with van der Waals surface area (Å²) in [6, 6.07) is 4.52. The minimum atomic E-state index is 0.0694. The Morgan fingerprint density at radius 1 is 1.25 bits per heavy atom. The molecule has 0 saturated heterocycles. The van der Waals surface area contributed by atoms with Crippen LogP contribution >= 0.6 is 27.3 Å². The molecule has 0 aliphatic carbocycles. The largest absolute Gasteiger partial charge is 0.385 e. The predicted molar refractivity (Wildman–Crippen MR) is 88.4 cm³/mol. The Balaban J connectivity index is 2.80. The molecule has 0 fully saturated rings. The molecule has 2 atom stereocenters. The fourth-order valence-corrected chi connectivity index (χ4v) is 3.94. The molecular formula is C14H25BrN2O2S. The summed E-state index contributed by atoms with van der Waals surface area (Å²) >= 11 is 5.28. The van der Waals surface area contributed by atoms with Crippen LogP contribution in [0.1, 0.15) is 24.3 Å². The number of thiophene rings is 1. The van der Waals surface area contributed by atoms with Crippen LogP contribution in [0.2, 0.25) is 0 Å². The molecule has 0 spiro atoms. The van der Waals surface area contributed by atoms with E-state index in [9.17, 15) is 0 Å². The quantitative estimate of drug-likeness (QED) is 0.648. The number of nitrogens with zero attached hydrogens (tertiary/aromatic N) is 1. The first-order valence-corrected chi connectivity index (χ1v) is 8.43. The number of hydrogen-bond donors (Lipinski definition) is 1. The first-order valence-electron chi connectivity index (χ1n) is 6.83. The Hall–Kier alpha value is 0.0200. The molecule has 116 valence electrons. The lowest BCUT2D eigenvalue weighted by atomic mass is 10.1. The second-order valence-electron chi connectivity index (χ2n) is 4.82. The van der Waals surface area contributed by atoms with E-state index in [2.05, 4.69) is 39.9 Å². The molecule has 0 amide bonds. The van der Waals surface area contributed by atoms with Gasteiger partial charge in [-0.3, -0.25) is 4.90 Å². The van der Waals surface area contributed by atoms with E-state index < -0.39 is 0 Å². The maximum absolute atomic E-state index is 6.23. The van der Waals surface area contributed by atoms with Crippen LogP contribution in [0.3, 0.4) is 0 Å². The lowest BCUT2D eigenvalue weighted by Gasteiger charge is -2.33. The molecule has 4 nitrogen and oxygen atoms in total. The van der Waals surface area contributed by atoms with Crippen LogP contribution in [0.4, 0.5) is 0 Å². The van der Waals surface area contributed by atoms with E-state index in [1.54, 1.807) is 25.6 Å². The van der Waals surface area contributed by atoms with Crippen LogP contribution in [0, 0.1) is 0 Å². The van der Waals surface area contributed by atoms with Gasteiger partial charge in [-0.1, -0.05) is 0 Å². The number of hydrogen-bond acceptors (Lipinski definition) is 5. The normalized spacial score (nSPS) is 14.7. The number of ether oxygens (including phenoxy) is 2. The van der Waals surface area contributed by atoms with E-state index in [0.29, 0.717) is 6.61 Å². The van der Waals surface area contributed by atoms with Crippen LogP contribution in [0.15, 0.2) is 15.9 Å². The number of halogens is 1. The van der Waals surface area contributed by atoms with Crippen LogP contribution in [0.5, 0.6) is 0 Å². The molecule has 2 unspecified atom stereocenters. The van der Waals surface area contributed by atoms with Gasteiger partial charge < -0.3 is 15.2 Å². The molecule has 2 N–H and O–H groups in total. The zero-order valence-electron chi connectivity index (χ0n) is 12.5. The van der Waals surface area contributed by atoms with Gasteiger partial charge in [0.05, 0.1) is 16.4 Å². The second-order valence-corrected chi connectivity index (χ2v) is 7.32. The van der Waals surface area contributed by atoms with Gasteiger partial charge >= 0.3 is 0 Å². The summed E-state index contributed by atoms with van der Waals surface area (Å²) in [5.74, 6) is 0. The fourth-order valence-electron chi connectivity index (χ4n) is 2.27. The Kier molecular flexibility index (Phi) is 8.91. The van der Waals surface area contributed by atoms with Gasteiger partial charge in [0, 0.05) is 44.8 Å². The molecule has 1 heterocycles. The van der Waals surface area contributed by atoms with Crippen LogP contribution in [-0.4, -0.2) is 51.5 Å². The van der Waals surface area contributed by atoms with Gasteiger partial charge in [-0.15, -0.1) is 11.3 Å². The molecule has 6 heteroatoms. The van der Waals surface area contributed by atoms with Crippen molar-refractivity contribution >= 4 is 27.3 Å². The van der Waals surface area contributed by atoms with Gasteiger partial charge in [0.2, 0.25) is 0 Å². The molecule has 0 aromatic carbocycles. The van der Waals surface area contributed by atoms with Gasteiger partial charge in [0.15, 0.2) is 0 Å². The van der Waals surface area contributed by atoms with Crippen LogP contribution < -0.4 is 5.73 Å². The van der Waals surface area contributed by atoms with Gasteiger partial charge in [-0.05, 0) is 41.4 Å². The SMILES string of the molecule is COCCCN(CCOC)C(c1ccc(Br)s1)C(C)N. The van der Waals surface area contributed by atoms with Crippen molar-refractivity contribution < 1.29 is 9.47 Å². The van der Waals surface area contributed by atoms with E-state index in [4.69, 9.17) is 15.2 Å². The zero-order valence-corrected chi connectivity index (χ0v) is 14.9. The van der Waals surface area contributed by atoms with Gasteiger partial charge in [-0.25, -0.2) is 0 Å². The lowest BCUT2D eigenvalue weighted by Crippen LogP contribution is -2.41. The third-order valence-electron chi connectivity index (χ3n) is 3.15. The molecule has 0 aliphatic heterocycles. The highest BCUT2D eigenvalue weighted by molar-refractivity contribution is 9.11. The molecule has 0 aliphatic rings. The molecule has 1 aromatic heterocycles. The summed E-state index contributed by atoms with van der Waals surface area (Å²) in [6.45, 7) is 5.38. The monoisotopic (exact) mass is 364 g/mol. The molecule has 20 heavy (non-hydrogen) atoms. The first kappa shape index (κ1) is 18.1. The molecule has 0 saturated carbocycles. The molecule has 0 radical (unpaired) electrons. The maximum atomic E-state index is 6.23. The van der Waals surface area contributed by atoms with Crippen molar-refractivity contribution in [2.75, 3.05) is 40.5 Å². The minimum Gasteiger partial charge on any atom is -0.385 e. The Labute approximate surface area is 134 Å². The first-order chi connectivity index (χ1) is 9.60. The Morgan fingerprint density at radius 3 is 2.45 bits per heavy atom. The smallest absolute Gasteiger partial charge is 0.0702 e. The third-order valence-corrected chi connectivity index (χ3v) is 4.85. The van der Waals surface area contributed by atoms with Crippen molar-refractivity contribution in [2.24, 2.45) is 5.73 Å². The van der Waals surface area contributed by atoms with E-state index in [-0.39, 0.29) is 12.1 Å². The van der Waals surface area contributed by atoms with Gasteiger partial charge in [0.25, 0.3) is 0 Å². The fraction of sp³-hybridized carbons (Fsp3) is 0.714. The average molecular weight is 365 g/mol. The van der Waals surface area contributed by atoms with Crippen molar-refractivity contribution in [3.05, 3.63) is 20.8 Å². The zero-order chi connectivity index (χ0) is 15.0. The standard InChI is InChI=1S/C14H25BrN2O2S/c1-11(16)14(12-5-6-13(15)20-12)17(8-10-19-3)7-4-9-18-2/h5-6,11,14H,4,7-10,16H2,1-3H3. The average Bonchev–Trinajstić information content (AvgIpc) is 2.81. The lowest BCUT2D eigenvalue weighted by molar-refractivity contribution is 0.0993.